The third-order valence-corrected chi connectivity index (χ3v) is 2.97. The van der Waals surface area contributed by atoms with Crippen LogP contribution >= 0.6 is 0 Å². The quantitative estimate of drug-likeness (QED) is 0.413. The molecule has 1 nitrogen and oxygen atoms in total. The van der Waals surface area contributed by atoms with Crippen molar-refractivity contribution in [3.63, 3.8) is 0 Å². The number of rotatable bonds is 8. The highest BCUT2D eigenvalue weighted by atomic mass is 35.5. The predicted molar refractivity (Wildman–Crippen MR) is 60.9 cm³/mol. The summed E-state index contributed by atoms with van der Waals surface area (Å²) in [6.07, 6.45) is 8.50. The summed E-state index contributed by atoms with van der Waals surface area (Å²) in [5, 5.41) is 0. The van der Waals surface area contributed by atoms with E-state index >= 15 is 0 Å². The number of hydrogen-bond acceptors (Lipinski definition) is 0. The van der Waals surface area contributed by atoms with Crippen molar-refractivity contribution in [1.82, 2.24) is 0 Å². The molecular weight excluding hydrogens is 194 g/mol. The Labute approximate surface area is 96.9 Å². The maximum atomic E-state index is 2.33. The average Bonchev–Trinajstić information content (AvgIpc) is 2.11. The Kier molecular flexibility index (Phi) is 11.7. The first-order chi connectivity index (χ1) is 6.12. The molecule has 0 spiro atoms. The van der Waals surface area contributed by atoms with E-state index in [1.54, 1.807) is 0 Å². The van der Waals surface area contributed by atoms with E-state index in [2.05, 4.69) is 27.9 Å². The van der Waals surface area contributed by atoms with Crippen molar-refractivity contribution in [1.29, 1.82) is 0 Å². The smallest absolute Gasteiger partial charge is 0.0782 e. The molecule has 0 atom stereocenters. The highest BCUT2D eigenvalue weighted by molar-refractivity contribution is 4.43. The Morgan fingerprint density at radius 1 is 0.786 bits per heavy atom. The van der Waals surface area contributed by atoms with Gasteiger partial charge in [0.15, 0.2) is 0 Å². The highest BCUT2D eigenvalue weighted by Gasteiger charge is 2.09. The summed E-state index contributed by atoms with van der Waals surface area (Å²) >= 11 is 0. The topological polar surface area (TPSA) is 0 Å². The van der Waals surface area contributed by atoms with Gasteiger partial charge in [0.05, 0.1) is 27.2 Å². The summed E-state index contributed by atoms with van der Waals surface area (Å²) in [5.41, 5.74) is 0. The van der Waals surface area contributed by atoms with E-state index in [4.69, 9.17) is 0 Å². The number of unbranched alkanes of at least 4 members (excludes halogenated alkanes) is 5. The summed E-state index contributed by atoms with van der Waals surface area (Å²) in [4.78, 5) is 0. The van der Waals surface area contributed by atoms with E-state index in [0.29, 0.717) is 0 Å². The largest absolute Gasteiger partial charge is 1.00 e. The van der Waals surface area contributed by atoms with Gasteiger partial charge in [0.1, 0.15) is 0 Å². The van der Waals surface area contributed by atoms with Gasteiger partial charge >= 0.3 is 0 Å². The fourth-order valence-electron chi connectivity index (χ4n) is 1.48. The summed E-state index contributed by atoms with van der Waals surface area (Å²) in [5.74, 6) is 0. The molecule has 0 amide bonds. The van der Waals surface area contributed by atoms with E-state index in [9.17, 15) is 0 Å². The van der Waals surface area contributed by atoms with Gasteiger partial charge in [-0.25, -0.2) is 0 Å². The summed E-state index contributed by atoms with van der Waals surface area (Å²) < 4.78 is 1.19. The first-order valence-electron chi connectivity index (χ1n) is 5.94. The highest BCUT2D eigenvalue weighted by Crippen LogP contribution is 2.07. The van der Waals surface area contributed by atoms with E-state index in [1.165, 1.54) is 56.1 Å². The average molecular weight is 222 g/mol. The minimum absolute atomic E-state index is 0. The molecule has 0 unspecified atom stereocenters. The summed E-state index contributed by atoms with van der Waals surface area (Å²) in [6, 6.07) is 0. The minimum Gasteiger partial charge on any atom is -1.00 e. The van der Waals surface area contributed by atoms with Crippen LogP contribution in [0.25, 0.3) is 0 Å². The van der Waals surface area contributed by atoms with Gasteiger partial charge in [-0.2, -0.15) is 0 Å². The Morgan fingerprint density at radius 2 is 1.29 bits per heavy atom. The molecule has 0 aliphatic rings. The molecule has 0 saturated heterocycles. The third kappa shape index (κ3) is 10.3. The molecule has 0 aliphatic heterocycles. The van der Waals surface area contributed by atoms with Crippen molar-refractivity contribution in [3.8, 4) is 0 Å². The van der Waals surface area contributed by atoms with Gasteiger partial charge in [0.25, 0.3) is 0 Å². The fraction of sp³-hybridized carbons (Fsp3) is 1.00. The van der Waals surface area contributed by atoms with Crippen LogP contribution in [0.4, 0.5) is 0 Å². The molecule has 2 heteroatoms. The molecule has 0 fully saturated rings. The van der Waals surface area contributed by atoms with Crippen LogP contribution in [0, 0.1) is 0 Å². The predicted octanol–water partition coefficient (Wildman–Crippen LogP) is 0.447. The normalized spacial score (nSPS) is 11.1. The van der Waals surface area contributed by atoms with Gasteiger partial charge in [0, 0.05) is 0 Å². The summed E-state index contributed by atoms with van der Waals surface area (Å²) in [6.45, 7) is 7.16. The number of halogens is 1. The molecule has 0 aromatic rings. The molecule has 14 heavy (non-hydrogen) atoms. The number of nitrogens with zero attached hydrogens (tertiary/aromatic N) is 1. The van der Waals surface area contributed by atoms with Crippen molar-refractivity contribution in [2.24, 2.45) is 0 Å². The maximum Gasteiger partial charge on any atom is 0.0782 e. The lowest BCUT2D eigenvalue weighted by Crippen LogP contribution is -3.00. The Hall–Kier alpha value is 0.250. The molecular formula is C12H28ClN. The van der Waals surface area contributed by atoms with Gasteiger partial charge in [-0.15, -0.1) is 0 Å². The Balaban J connectivity index is 0. The summed E-state index contributed by atoms with van der Waals surface area (Å²) in [7, 11) is 4.65. The molecule has 0 aliphatic carbocycles. The molecule has 0 aromatic carbocycles. The Bertz CT molecular complexity index is 113. The zero-order valence-electron chi connectivity index (χ0n) is 10.5. The van der Waals surface area contributed by atoms with Crippen molar-refractivity contribution < 1.29 is 16.9 Å². The zero-order chi connectivity index (χ0) is 10.2. The van der Waals surface area contributed by atoms with Crippen molar-refractivity contribution in [3.05, 3.63) is 0 Å². The second kappa shape index (κ2) is 9.79. The molecule has 0 N–H and O–H groups in total. The van der Waals surface area contributed by atoms with Crippen LogP contribution in [0.2, 0.25) is 0 Å². The number of quaternary nitrogens is 1. The van der Waals surface area contributed by atoms with Crippen molar-refractivity contribution in [2.45, 2.75) is 52.4 Å². The first-order valence-corrected chi connectivity index (χ1v) is 5.94. The minimum atomic E-state index is 0. The van der Waals surface area contributed by atoms with E-state index < -0.39 is 0 Å². The molecule has 0 radical (unpaired) electrons. The van der Waals surface area contributed by atoms with Crippen LogP contribution in [-0.4, -0.2) is 31.7 Å². The zero-order valence-corrected chi connectivity index (χ0v) is 11.2. The fourth-order valence-corrected chi connectivity index (χ4v) is 1.48. The van der Waals surface area contributed by atoms with E-state index in [0.717, 1.165) is 0 Å². The molecule has 0 aromatic heterocycles. The van der Waals surface area contributed by atoms with E-state index in [1.807, 2.05) is 0 Å². The lowest BCUT2D eigenvalue weighted by molar-refractivity contribution is -0.888. The molecule has 88 valence electrons. The van der Waals surface area contributed by atoms with Crippen molar-refractivity contribution >= 4 is 0 Å². The van der Waals surface area contributed by atoms with Crippen LogP contribution in [0.5, 0.6) is 0 Å². The maximum absolute atomic E-state index is 2.33. The third-order valence-electron chi connectivity index (χ3n) is 2.97. The second-order valence-electron chi connectivity index (χ2n) is 4.74. The standard InChI is InChI=1S/C12H28N.ClH/c1-5-7-8-9-10-11-12-13(3,4)6-2;/h5-12H2,1-4H3;1H/q+1;/p-1. The SMILES string of the molecule is CCCCCCCC[N+](C)(C)CC.[Cl-]. The van der Waals surface area contributed by atoms with E-state index in [-0.39, 0.29) is 12.4 Å². The van der Waals surface area contributed by atoms with Gasteiger partial charge < -0.3 is 16.9 Å². The molecule has 0 bridgehead atoms. The van der Waals surface area contributed by atoms with Gasteiger partial charge in [-0.05, 0) is 19.8 Å². The number of hydrogen-bond donors (Lipinski definition) is 0. The molecule has 0 saturated carbocycles. The Morgan fingerprint density at radius 3 is 1.79 bits per heavy atom. The van der Waals surface area contributed by atoms with Crippen molar-refractivity contribution in [2.75, 3.05) is 27.2 Å². The van der Waals surface area contributed by atoms with Crippen LogP contribution in [0.1, 0.15) is 52.4 Å². The second-order valence-corrected chi connectivity index (χ2v) is 4.74. The molecule has 0 rings (SSSR count). The van der Waals surface area contributed by atoms with Crippen LogP contribution < -0.4 is 12.4 Å². The lowest BCUT2D eigenvalue weighted by Gasteiger charge is -2.28. The first kappa shape index (κ1) is 16.7. The molecule has 0 heterocycles. The van der Waals surface area contributed by atoms with Gasteiger partial charge in [-0.1, -0.05) is 32.6 Å². The lowest BCUT2D eigenvalue weighted by atomic mass is 10.1. The van der Waals surface area contributed by atoms with Crippen LogP contribution in [0.15, 0.2) is 0 Å². The monoisotopic (exact) mass is 221 g/mol. The van der Waals surface area contributed by atoms with Gasteiger partial charge in [0.2, 0.25) is 0 Å². The van der Waals surface area contributed by atoms with Gasteiger partial charge in [-0.3, -0.25) is 0 Å². The van der Waals surface area contributed by atoms with Crippen LogP contribution in [-0.2, 0) is 0 Å². The van der Waals surface area contributed by atoms with Crippen LogP contribution in [0.3, 0.4) is 0 Å².